The molecule has 3 rings (SSSR count). The molecule has 20 heavy (non-hydrogen) atoms. The minimum atomic E-state index is 0.649. The fourth-order valence-corrected chi connectivity index (χ4v) is 3.49. The number of hydrogen-bond donors (Lipinski definition) is 0. The molecule has 0 aromatic heterocycles. The van der Waals surface area contributed by atoms with Crippen LogP contribution in [0.15, 0.2) is 29.8 Å². The van der Waals surface area contributed by atoms with Gasteiger partial charge in [0.25, 0.3) is 0 Å². The molecule has 108 valence electrons. The summed E-state index contributed by atoms with van der Waals surface area (Å²) in [5.74, 6) is 1.74. The van der Waals surface area contributed by atoms with Gasteiger partial charge in [-0.25, -0.2) is 0 Å². The van der Waals surface area contributed by atoms with Crippen molar-refractivity contribution in [3.05, 3.63) is 35.4 Å². The molecule has 2 heterocycles. The number of rotatable bonds is 4. The Morgan fingerprint density at radius 3 is 2.40 bits per heavy atom. The van der Waals surface area contributed by atoms with E-state index in [-0.39, 0.29) is 0 Å². The molecule has 3 heteroatoms. The summed E-state index contributed by atoms with van der Waals surface area (Å²) < 4.78 is 10.7. The van der Waals surface area contributed by atoms with Crippen LogP contribution in [0.4, 0.5) is 0 Å². The first-order valence-corrected chi connectivity index (χ1v) is 7.33. The first-order chi connectivity index (χ1) is 9.69. The Kier molecular flexibility index (Phi) is 3.70. The monoisotopic (exact) mass is 273 g/mol. The quantitative estimate of drug-likeness (QED) is 0.787. The molecule has 1 saturated heterocycles. The molecule has 3 nitrogen and oxygen atoms in total. The molecule has 0 aliphatic carbocycles. The number of benzene rings is 1. The van der Waals surface area contributed by atoms with E-state index in [1.54, 1.807) is 19.8 Å². The standard InChI is InChI=1S/C17H23NO2/c1-18-14-4-5-15(18)8-12(7-14)6-13-9-16(19-2)11-17(10-13)20-3/h7,9-11,14-15H,4-6,8H2,1-3H3. The molecule has 0 amide bonds. The second-order valence-electron chi connectivity index (χ2n) is 5.89. The highest BCUT2D eigenvalue weighted by molar-refractivity contribution is 5.40. The average molecular weight is 273 g/mol. The van der Waals surface area contributed by atoms with Gasteiger partial charge in [-0.15, -0.1) is 0 Å². The first kappa shape index (κ1) is 13.5. The Balaban J connectivity index is 1.80. The van der Waals surface area contributed by atoms with E-state index in [1.807, 2.05) is 6.07 Å². The van der Waals surface area contributed by atoms with Gasteiger partial charge in [-0.05, 0) is 50.4 Å². The fraction of sp³-hybridized carbons (Fsp3) is 0.529. The SMILES string of the molecule is COc1cc(CC2=CC3CCC(C2)N3C)cc(OC)c1. The number of fused-ring (bicyclic) bond motifs is 2. The van der Waals surface area contributed by atoms with Gasteiger partial charge in [0.2, 0.25) is 0 Å². The summed E-state index contributed by atoms with van der Waals surface area (Å²) in [5, 5.41) is 0. The van der Waals surface area contributed by atoms with Crippen LogP contribution in [0.5, 0.6) is 11.5 Å². The lowest BCUT2D eigenvalue weighted by Crippen LogP contribution is -2.35. The maximum absolute atomic E-state index is 5.35. The van der Waals surface area contributed by atoms with Crippen LogP contribution in [0.3, 0.4) is 0 Å². The number of methoxy groups -OCH3 is 2. The molecule has 0 spiro atoms. The Morgan fingerprint density at radius 2 is 1.80 bits per heavy atom. The molecule has 2 atom stereocenters. The van der Waals surface area contributed by atoms with E-state index in [9.17, 15) is 0 Å². The van der Waals surface area contributed by atoms with E-state index in [2.05, 4.69) is 30.2 Å². The molecule has 0 radical (unpaired) electrons. The zero-order valence-corrected chi connectivity index (χ0v) is 12.6. The lowest BCUT2D eigenvalue weighted by Gasteiger charge is -2.30. The van der Waals surface area contributed by atoms with Crippen LogP contribution in [0, 0.1) is 0 Å². The average Bonchev–Trinajstić information content (AvgIpc) is 2.68. The smallest absolute Gasteiger partial charge is 0.122 e. The van der Waals surface area contributed by atoms with Gasteiger partial charge in [0, 0.05) is 18.2 Å². The molecule has 2 unspecified atom stereocenters. The van der Waals surface area contributed by atoms with Crippen molar-refractivity contribution in [3.63, 3.8) is 0 Å². The third kappa shape index (κ3) is 2.55. The highest BCUT2D eigenvalue weighted by Crippen LogP contribution is 2.35. The number of nitrogens with zero attached hydrogens (tertiary/aromatic N) is 1. The molecular formula is C17H23NO2. The van der Waals surface area contributed by atoms with E-state index in [0.717, 1.165) is 24.0 Å². The van der Waals surface area contributed by atoms with Crippen molar-refractivity contribution >= 4 is 0 Å². The van der Waals surface area contributed by atoms with Gasteiger partial charge >= 0.3 is 0 Å². The fourth-order valence-electron chi connectivity index (χ4n) is 3.49. The summed E-state index contributed by atoms with van der Waals surface area (Å²) in [4.78, 5) is 2.52. The third-order valence-electron chi connectivity index (χ3n) is 4.66. The number of likely N-dealkylation sites (N-methyl/N-ethyl adjacent to an activating group) is 1. The molecule has 1 aromatic rings. The number of hydrogen-bond acceptors (Lipinski definition) is 3. The molecule has 0 N–H and O–H groups in total. The van der Waals surface area contributed by atoms with Gasteiger partial charge < -0.3 is 9.47 Å². The van der Waals surface area contributed by atoms with E-state index < -0.39 is 0 Å². The lowest BCUT2D eigenvalue weighted by atomic mass is 9.95. The van der Waals surface area contributed by atoms with Crippen molar-refractivity contribution in [1.82, 2.24) is 4.90 Å². The van der Waals surface area contributed by atoms with Crippen molar-refractivity contribution in [2.24, 2.45) is 0 Å². The van der Waals surface area contributed by atoms with Crippen LogP contribution in [0.2, 0.25) is 0 Å². The lowest BCUT2D eigenvalue weighted by molar-refractivity contribution is 0.253. The predicted octanol–water partition coefficient (Wildman–Crippen LogP) is 3.04. The Bertz CT molecular complexity index is 501. The molecular weight excluding hydrogens is 250 g/mol. The van der Waals surface area contributed by atoms with E-state index >= 15 is 0 Å². The summed E-state index contributed by atoms with van der Waals surface area (Å²) in [5.41, 5.74) is 2.84. The summed E-state index contributed by atoms with van der Waals surface area (Å²) in [6, 6.07) is 7.55. The topological polar surface area (TPSA) is 21.7 Å². The molecule has 2 aliphatic heterocycles. The summed E-state index contributed by atoms with van der Waals surface area (Å²) >= 11 is 0. The van der Waals surface area contributed by atoms with Gasteiger partial charge in [-0.3, -0.25) is 4.90 Å². The number of ether oxygens (including phenoxy) is 2. The molecule has 0 saturated carbocycles. The van der Waals surface area contributed by atoms with Gasteiger partial charge in [0.1, 0.15) is 11.5 Å². The van der Waals surface area contributed by atoms with Crippen molar-refractivity contribution in [2.75, 3.05) is 21.3 Å². The van der Waals surface area contributed by atoms with Crippen LogP contribution in [0.25, 0.3) is 0 Å². The van der Waals surface area contributed by atoms with Crippen LogP contribution in [0.1, 0.15) is 24.8 Å². The summed E-state index contributed by atoms with van der Waals surface area (Å²) in [6.07, 6.45) is 7.32. The highest BCUT2D eigenvalue weighted by Gasteiger charge is 2.33. The maximum Gasteiger partial charge on any atom is 0.122 e. The zero-order chi connectivity index (χ0) is 14.1. The normalized spacial score (nSPS) is 25.4. The van der Waals surface area contributed by atoms with Crippen LogP contribution in [-0.4, -0.2) is 38.3 Å². The predicted molar refractivity (Wildman–Crippen MR) is 80.5 cm³/mol. The van der Waals surface area contributed by atoms with Crippen LogP contribution >= 0.6 is 0 Å². The van der Waals surface area contributed by atoms with E-state index in [4.69, 9.17) is 9.47 Å². The van der Waals surface area contributed by atoms with Crippen molar-refractivity contribution in [2.45, 2.75) is 37.8 Å². The molecule has 1 fully saturated rings. The van der Waals surface area contributed by atoms with Crippen molar-refractivity contribution in [1.29, 1.82) is 0 Å². The van der Waals surface area contributed by atoms with E-state index in [1.165, 1.54) is 24.8 Å². The largest absolute Gasteiger partial charge is 0.497 e. The first-order valence-electron chi connectivity index (χ1n) is 7.33. The second-order valence-corrected chi connectivity index (χ2v) is 5.89. The molecule has 1 aromatic carbocycles. The van der Waals surface area contributed by atoms with Crippen molar-refractivity contribution < 1.29 is 9.47 Å². The summed E-state index contributed by atoms with van der Waals surface area (Å²) in [7, 11) is 5.66. The molecule has 2 bridgehead atoms. The summed E-state index contributed by atoms with van der Waals surface area (Å²) in [6.45, 7) is 0. The van der Waals surface area contributed by atoms with Gasteiger partial charge in [-0.2, -0.15) is 0 Å². The van der Waals surface area contributed by atoms with Crippen molar-refractivity contribution in [3.8, 4) is 11.5 Å². The van der Waals surface area contributed by atoms with Crippen LogP contribution < -0.4 is 9.47 Å². The van der Waals surface area contributed by atoms with Gasteiger partial charge in [0.15, 0.2) is 0 Å². The van der Waals surface area contributed by atoms with Gasteiger partial charge in [0.05, 0.1) is 14.2 Å². The van der Waals surface area contributed by atoms with Gasteiger partial charge in [-0.1, -0.05) is 11.6 Å². The van der Waals surface area contributed by atoms with Crippen LogP contribution in [-0.2, 0) is 6.42 Å². The Labute approximate surface area is 121 Å². The van der Waals surface area contributed by atoms with E-state index in [0.29, 0.717) is 6.04 Å². The Morgan fingerprint density at radius 1 is 1.10 bits per heavy atom. The Hall–Kier alpha value is -1.48. The minimum absolute atomic E-state index is 0.649. The molecule has 2 aliphatic rings. The zero-order valence-electron chi connectivity index (χ0n) is 12.6. The highest BCUT2D eigenvalue weighted by atomic mass is 16.5. The second kappa shape index (κ2) is 5.49. The maximum atomic E-state index is 5.35. The minimum Gasteiger partial charge on any atom is -0.497 e. The third-order valence-corrected chi connectivity index (χ3v) is 4.66.